The lowest BCUT2D eigenvalue weighted by atomic mass is 10.1. The molecule has 1 aromatic heterocycles. The SMILES string of the molecule is NNC(=O)NC(=Cc1cn(-c2ccccc2)nc1-c1ccc(F)cc1)NC(=O)c1ccc(Cl)cc1Cl. The van der Waals surface area contributed by atoms with Gasteiger partial charge in [0.1, 0.15) is 17.3 Å². The van der Waals surface area contributed by atoms with Crippen LogP contribution in [0.3, 0.4) is 0 Å². The highest BCUT2D eigenvalue weighted by Crippen LogP contribution is 2.26. The molecule has 8 nitrogen and oxygen atoms in total. The number of nitrogens with two attached hydrogens (primary N) is 1. The largest absolute Gasteiger partial charge is 0.334 e. The van der Waals surface area contributed by atoms with Crippen molar-refractivity contribution in [1.29, 1.82) is 0 Å². The van der Waals surface area contributed by atoms with Crippen LogP contribution in [0.25, 0.3) is 23.0 Å². The van der Waals surface area contributed by atoms with E-state index in [0.29, 0.717) is 21.8 Å². The monoisotopic (exact) mass is 524 g/mol. The fourth-order valence-electron chi connectivity index (χ4n) is 3.32. The Kier molecular flexibility index (Phi) is 7.65. The van der Waals surface area contributed by atoms with Crippen LogP contribution in [0.1, 0.15) is 15.9 Å². The summed E-state index contributed by atoms with van der Waals surface area (Å²) in [5.74, 6) is 4.22. The number of hydrogen-bond donors (Lipinski definition) is 4. The number of urea groups is 1. The number of rotatable bonds is 6. The number of benzene rings is 3. The first-order valence-electron chi connectivity index (χ1n) is 10.5. The third-order valence-corrected chi connectivity index (χ3v) is 5.53. The van der Waals surface area contributed by atoms with Crippen LogP contribution >= 0.6 is 23.2 Å². The summed E-state index contributed by atoms with van der Waals surface area (Å²) in [6, 6.07) is 18.7. The van der Waals surface area contributed by atoms with Gasteiger partial charge in [-0.2, -0.15) is 5.10 Å². The van der Waals surface area contributed by atoms with Crippen molar-refractivity contribution >= 4 is 41.2 Å². The standard InChI is InChI=1S/C25H19Cl2FN6O2/c26-17-8-11-20(21(27)13-17)24(35)30-22(31-25(36)32-29)12-16-14-34(19-4-2-1-3-5-19)33-23(16)15-6-9-18(28)10-7-15/h1-14H,29H2,(H,30,35)(H2,31,32,36). The molecule has 5 N–H and O–H groups in total. The number of carbonyl (C=O) groups excluding carboxylic acids is 2. The smallest absolute Gasteiger partial charge is 0.308 e. The lowest BCUT2D eigenvalue weighted by Gasteiger charge is -2.12. The molecule has 0 unspecified atom stereocenters. The highest BCUT2D eigenvalue weighted by atomic mass is 35.5. The Morgan fingerprint density at radius 2 is 1.69 bits per heavy atom. The van der Waals surface area contributed by atoms with E-state index in [-0.39, 0.29) is 16.4 Å². The predicted octanol–water partition coefficient (Wildman–Crippen LogP) is 4.89. The van der Waals surface area contributed by atoms with E-state index in [1.807, 2.05) is 35.8 Å². The molecule has 0 aliphatic rings. The summed E-state index contributed by atoms with van der Waals surface area (Å²) in [5.41, 5.74) is 4.47. The Morgan fingerprint density at radius 1 is 0.972 bits per heavy atom. The molecule has 0 bridgehead atoms. The van der Waals surface area contributed by atoms with Gasteiger partial charge in [-0.1, -0.05) is 41.4 Å². The van der Waals surface area contributed by atoms with Crippen LogP contribution < -0.4 is 21.9 Å². The zero-order chi connectivity index (χ0) is 25.7. The fourth-order valence-corrected chi connectivity index (χ4v) is 3.81. The molecular weight excluding hydrogens is 506 g/mol. The van der Waals surface area contributed by atoms with E-state index < -0.39 is 17.8 Å². The van der Waals surface area contributed by atoms with E-state index in [0.717, 1.165) is 5.69 Å². The number of hydrogen-bond acceptors (Lipinski definition) is 4. The van der Waals surface area contributed by atoms with E-state index in [1.54, 1.807) is 23.0 Å². The topological polar surface area (TPSA) is 114 Å². The molecule has 36 heavy (non-hydrogen) atoms. The third kappa shape index (κ3) is 5.89. The van der Waals surface area contributed by atoms with Crippen LogP contribution in [0.5, 0.6) is 0 Å². The minimum Gasteiger partial charge on any atom is -0.308 e. The van der Waals surface area contributed by atoms with Crippen molar-refractivity contribution in [2.75, 3.05) is 0 Å². The molecule has 3 amide bonds. The van der Waals surface area contributed by atoms with Gasteiger partial charge < -0.3 is 5.32 Å². The number of halogens is 3. The number of carbonyl (C=O) groups is 2. The second-order valence-corrected chi connectivity index (χ2v) is 8.30. The van der Waals surface area contributed by atoms with Crippen LogP contribution in [-0.2, 0) is 0 Å². The second kappa shape index (κ2) is 11.0. The second-order valence-electron chi connectivity index (χ2n) is 7.45. The number of amides is 3. The molecule has 0 saturated carbocycles. The molecule has 4 aromatic rings. The van der Waals surface area contributed by atoms with Gasteiger partial charge in [0, 0.05) is 22.3 Å². The van der Waals surface area contributed by atoms with Gasteiger partial charge in [0.05, 0.1) is 16.3 Å². The number of aromatic nitrogens is 2. The quantitative estimate of drug-likeness (QED) is 0.163. The van der Waals surface area contributed by atoms with Gasteiger partial charge in [0.2, 0.25) is 0 Å². The highest BCUT2D eigenvalue weighted by Gasteiger charge is 2.17. The first-order valence-corrected chi connectivity index (χ1v) is 11.3. The normalized spacial score (nSPS) is 11.2. The van der Waals surface area contributed by atoms with Crippen molar-refractivity contribution in [3.05, 3.63) is 112 Å². The Hall–Kier alpha value is -4.18. The summed E-state index contributed by atoms with van der Waals surface area (Å²) in [6.45, 7) is 0. The molecule has 0 atom stereocenters. The van der Waals surface area contributed by atoms with Gasteiger partial charge in [-0.3, -0.25) is 15.5 Å². The molecule has 0 fully saturated rings. The molecule has 0 spiro atoms. The van der Waals surface area contributed by atoms with Crippen molar-refractivity contribution in [2.45, 2.75) is 0 Å². The summed E-state index contributed by atoms with van der Waals surface area (Å²) in [4.78, 5) is 24.9. The zero-order valence-electron chi connectivity index (χ0n) is 18.5. The van der Waals surface area contributed by atoms with E-state index in [1.165, 1.54) is 36.4 Å². The number of para-hydroxylation sites is 1. The van der Waals surface area contributed by atoms with Gasteiger partial charge in [-0.25, -0.2) is 19.7 Å². The average molecular weight is 525 g/mol. The molecule has 0 saturated heterocycles. The third-order valence-electron chi connectivity index (χ3n) is 4.98. The summed E-state index contributed by atoms with van der Waals surface area (Å²) >= 11 is 12.1. The van der Waals surface area contributed by atoms with Crippen LogP contribution in [0.15, 0.2) is 84.8 Å². The van der Waals surface area contributed by atoms with E-state index in [9.17, 15) is 14.0 Å². The summed E-state index contributed by atoms with van der Waals surface area (Å²) in [6.07, 6.45) is 3.21. The minimum absolute atomic E-state index is 0.00931. The van der Waals surface area contributed by atoms with Crippen molar-refractivity contribution in [1.82, 2.24) is 25.8 Å². The first kappa shape index (κ1) is 24.9. The maximum absolute atomic E-state index is 13.6. The Bertz CT molecular complexity index is 1440. The number of nitrogens with zero attached hydrogens (tertiary/aromatic N) is 2. The van der Waals surface area contributed by atoms with Gasteiger partial charge in [0.25, 0.3) is 5.91 Å². The zero-order valence-corrected chi connectivity index (χ0v) is 20.0. The van der Waals surface area contributed by atoms with Gasteiger partial charge in [-0.15, -0.1) is 0 Å². The van der Waals surface area contributed by atoms with E-state index in [4.69, 9.17) is 29.0 Å². The molecule has 11 heteroatoms. The summed E-state index contributed by atoms with van der Waals surface area (Å²) in [7, 11) is 0. The molecule has 4 rings (SSSR count). The van der Waals surface area contributed by atoms with Crippen molar-refractivity contribution in [3.63, 3.8) is 0 Å². The Balaban J connectivity index is 1.78. The van der Waals surface area contributed by atoms with E-state index >= 15 is 0 Å². The highest BCUT2D eigenvalue weighted by molar-refractivity contribution is 6.36. The summed E-state index contributed by atoms with van der Waals surface area (Å²) < 4.78 is 15.2. The molecular formula is C25H19Cl2FN6O2. The fraction of sp³-hybridized carbons (Fsp3) is 0. The molecule has 0 aliphatic carbocycles. The predicted molar refractivity (Wildman–Crippen MR) is 137 cm³/mol. The maximum atomic E-state index is 13.6. The van der Waals surface area contributed by atoms with Crippen LogP contribution in [0.4, 0.5) is 9.18 Å². The lowest BCUT2D eigenvalue weighted by molar-refractivity contribution is 0.0964. The van der Waals surface area contributed by atoms with Crippen LogP contribution in [-0.4, -0.2) is 21.7 Å². The Morgan fingerprint density at radius 3 is 2.36 bits per heavy atom. The average Bonchev–Trinajstić information content (AvgIpc) is 3.28. The lowest BCUT2D eigenvalue weighted by Crippen LogP contribution is -2.43. The minimum atomic E-state index is -0.775. The van der Waals surface area contributed by atoms with Gasteiger partial charge in [-0.05, 0) is 60.7 Å². The molecule has 0 radical (unpaired) electrons. The molecule has 1 heterocycles. The maximum Gasteiger partial charge on any atom is 0.334 e. The summed E-state index contributed by atoms with van der Waals surface area (Å²) in [5, 5.41) is 10.2. The van der Waals surface area contributed by atoms with Crippen LogP contribution in [0.2, 0.25) is 10.0 Å². The number of hydrazine groups is 1. The molecule has 182 valence electrons. The van der Waals surface area contributed by atoms with Crippen molar-refractivity contribution in [3.8, 4) is 16.9 Å². The van der Waals surface area contributed by atoms with E-state index in [2.05, 4.69) is 15.7 Å². The van der Waals surface area contributed by atoms with Gasteiger partial charge >= 0.3 is 6.03 Å². The van der Waals surface area contributed by atoms with Crippen LogP contribution in [0, 0.1) is 5.82 Å². The molecule has 3 aromatic carbocycles. The van der Waals surface area contributed by atoms with Gasteiger partial charge in [0.15, 0.2) is 0 Å². The Labute approximate surface area is 215 Å². The van der Waals surface area contributed by atoms with Crippen molar-refractivity contribution < 1.29 is 14.0 Å². The first-order chi connectivity index (χ1) is 17.3. The van der Waals surface area contributed by atoms with Crippen molar-refractivity contribution in [2.24, 2.45) is 5.84 Å². The number of nitrogens with one attached hydrogen (secondary N) is 3. The molecule has 0 aliphatic heterocycles.